The van der Waals surface area contributed by atoms with Gasteiger partial charge in [-0.15, -0.1) is 0 Å². The molecule has 2 aromatic carbocycles. The van der Waals surface area contributed by atoms with E-state index >= 15 is 0 Å². The van der Waals surface area contributed by atoms with Gasteiger partial charge in [0.15, 0.2) is 0 Å². The van der Waals surface area contributed by atoms with Gasteiger partial charge in [-0.1, -0.05) is 40.9 Å². The van der Waals surface area contributed by atoms with E-state index in [1.165, 1.54) is 0 Å². The van der Waals surface area contributed by atoms with Crippen molar-refractivity contribution in [3.8, 4) is 0 Å². The molecule has 2 N–H and O–H groups in total. The van der Waals surface area contributed by atoms with Crippen LogP contribution in [0.4, 0.5) is 11.4 Å². The van der Waals surface area contributed by atoms with Crippen LogP contribution in [0.15, 0.2) is 36.4 Å². The number of hydrogen-bond donors (Lipinski definition) is 2. The predicted octanol–water partition coefficient (Wildman–Crippen LogP) is 5.01. The summed E-state index contributed by atoms with van der Waals surface area (Å²) in [5.74, 6) is -0.237. The molecule has 0 aliphatic carbocycles. The highest BCUT2D eigenvalue weighted by Gasteiger charge is 2.09. The third-order valence-electron chi connectivity index (χ3n) is 2.86. The van der Waals surface area contributed by atoms with Crippen molar-refractivity contribution in [2.24, 2.45) is 0 Å². The summed E-state index contributed by atoms with van der Waals surface area (Å²) >= 11 is 17.9. The maximum absolute atomic E-state index is 12.0. The van der Waals surface area contributed by atoms with Crippen molar-refractivity contribution in [3.63, 3.8) is 0 Å². The molecule has 3 nitrogen and oxygen atoms in total. The number of amides is 1. The van der Waals surface area contributed by atoms with Gasteiger partial charge in [-0.25, -0.2) is 0 Å². The average Bonchev–Trinajstić information content (AvgIpc) is 2.42. The van der Waals surface area contributed by atoms with Gasteiger partial charge in [-0.3, -0.25) is 4.79 Å². The molecule has 0 bridgehead atoms. The Morgan fingerprint density at radius 2 is 1.76 bits per heavy atom. The molecule has 0 saturated carbocycles. The summed E-state index contributed by atoms with van der Waals surface area (Å²) < 4.78 is 0. The molecule has 0 saturated heterocycles. The Balaban J connectivity index is 1.99. The fourth-order valence-corrected chi connectivity index (χ4v) is 2.52. The Bertz CT molecular complexity index is 654. The van der Waals surface area contributed by atoms with E-state index in [1.807, 2.05) is 19.1 Å². The van der Waals surface area contributed by atoms with Crippen LogP contribution in [-0.4, -0.2) is 12.5 Å². The van der Waals surface area contributed by atoms with Gasteiger partial charge >= 0.3 is 0 Å². The van der Waals surface area contributed by atoms with Crippen LogP contribution in [-0.2, 0) is 4.79 Å². The fourth-order valence-electron chi connectivity index (χ4n) is 1.80. The van der Waals surface area contributed by atoms with Crippen LogP contribution in [0.25, 0.3) is 0 Å². The first kappa shape index (κ1) is 16.0. The van der Waals surface area contributed by atoms with Gasteiger partial charge in [0, 0.05) is 10.7 Å². The molecular weight excluding hydrogens is 331 g/mol. The highest BCUT2D eigenvalue weighted by atomic mass is 35.5. The van der Waals surface area contributed by atoms with Crippen molar-refractivity contribution >= 4 is 52.1 Å². The monoisotopic (exact) mass is 342 g/mol. The zero-order valence-corrected chi connectivity index (χ0v) is 13.5. The number of benzene rings is 2. The Morgan fingerprint density at radius 3 is 2.38 bits per heavy atom. The second-order valence-electron chi connectivity index (χ2n) is 4.46. The van der Waals surface area contributed by atoms with Gasteiger partial charge in [0.1, 0.15) is 0 Å². The lowest BCUT2D eigenvalue weighted by Crippen LogP contribution is -2.22. The number of hydrogen-bond acceptors (Lipinski definition) is 2. The molecular formula is C15H13Cl3N2O. The molecule has 0 radical (unpaired) electrons. The summed E-state index contributed by atoms with van der Waals surface area (Å²) in [6.45, 7) is 2.01. The van der Waals surface area contributed by atoms with Crippen molar-refractivity contribution in [1.29, 1.82) is 0 Å². The number of nitrogens with one attached hydrogen (secondary N) is 2. The zero-order valence-electron chi connectivity index (χ0n) is 11.2. The molecule has 2 aromatic rings. The molecule has 110 valence electrons. The molecule has 6 heteroatoms. The third-order valence-corrected chi connectivity index (χ3v) is 3.72. The molecule has 0 atom stereocenters. The number of carbonyl (C=O) groups excluding carboxylic acids is 1. The maximum atomic E-state index is 12.0. The number of carbonyl (C=O) groups is 1. The lowest BCUT2D eigenvalue weighted by molar-refractivity contribution is -0.114. The van der Waals surface area contributed by atoms with Gasteiger partial charge in [0.25, 0.3) is 0 Å². The minimum absolute atomic E-state index is 0.101. The van der Waals surface area contributed by atoms with E-state index in [0.717, 1.165) is 11.3 Å². The van der Waals surface area contributed by atoms with E-state index in [0.29, 0.717) is 20.8 Å². The summed E-state index contributed by atoms with van der Waals surface area (Å²) in [5.41, 5.74) is 2.23. The Labute approximate surface area is 138 Å². The number of para-hydroxylation sites is 1. The lowest BCUT2D eigenvalue weighted by Gasteiger charge is -2.12. The average molecular weight is 344 g/mol. The standard InChI is InChI=1S/C15H13Cl3N2O/c1-9-7-10(16)5-6-13(9)19-8-14(21)20-15-11(17)3-2-4-12(15)18/h2-7,19H,8H2,1H3,(H,20,21). The molecule has 1 amide bonds. The van der Waals surface area contributed by atoms with Crippen LogP contribution >= 0.6 is 34.8 Å². The molecule has 0 spiro atoms. The molecule has 0 aromatic heterocycles. The minimum Gasteiger partial charge on any atom is -0.376 e. The summed E-state index contributed by atoms with van der Waals surface area (Å²) in [6.07, 6.45) is 0. The zero-order chi connectivity index (χ0) is 15.4. The van der Waals surface area contributed by atoms with Crippen molar-refractivity contribution in [2.45, 2.75) is 6.92 Å². The summed E-state index contributed by atoms with van der Waals surface area (Å²) in [7, 11) is 0. The number of aryl methyl sites for hydroxylation is 1. The first-order valence-electron chi connectivity index (χ1n) is 6.21. The Kier molecular flexibility index (Phi) is 5.34. The van der Waals surface area contributed by atoms with Crippen molar-refractivity contribution in [3.05, 3.63) is 57.0 Å². The van der Waals surface area contributed by atoms with E-state index in [2.05, 4.69) is 10.6 Å². The molecule has 0 heterocycles. The first-order chi connectivity index (χ1) is 9.97. The van der Waals surface area contributed by atoms with Crippen LogP contribution in [0.3, 0.4) is 0 Å². The van der Waals surface area contributed by atoms with Gasteiger partial charge < -0.3 is 10.6 Å². The largest absolute Gasteiger partial charge is 0.376 e. The molecule has 0 aliphatic rings. The SMILES string of the molecule is Cc1cc(Cl)ccc1NCC(=O)Nc1c(Cl)cccc1Cl. The third kappa shape index (κ3) is 4.27. The van der Waals surface area contributed by atoms with Gasteiger partial charge in [0.2, 0.25) is 5.91 Å². The maximum Gasteiger partial charge on any atom is 0.243 e. The summed E-state index contributed by atoms with van der Waals surface area (Å²) in [6, 6.07) is 10.5. The topological polar surface area (TPSA) is 41.1 Å². The number of anilines is 2. The molecule has 0 aliphatic heterocycles. The van der Waals surface area contributed by atoms with Crippen LogP contribution in [0.2, 0.25) is 15.1 Å². The second kappa shape index (κ2) is 7.03. The number of halogens is 3. The van der Waals surface area contributed by atoms with Crippen molar-refractivity contribution in [1.82, 2.24) is 0 Å². The summed E-state index contributed by atoms with van der Waals surface area (Å²) in [5, 5.41) is 7.19. The quantitative estimate of drug-likeness (QED) is 0.819. The predicted molar refractivity (Wildman–Crippen MR) is 89.8 cm³/mol. The van der Waals surface area contributed by atoms with E-state index < -0.39 is 0 Å². The van der Waals surface area contributed by atoms with E-state index in [-0.39, 0.29) is 12.5 Å². The van der Waals surface area contributed by atoms with E-state index in [9.17, 15) is 4.79 Å². The molecule has 0 unspecified atom stereocenters. The van der Waals surface area contributed by atoms with Crippen molar-refractivity contribution in [2.75, 3.05) is 17.2 Å². The smallest absolute Gasteiger partial charge is 0.243 e. The minimum atomic E-state index is -0.237. The number of rotatable bonds is 4. The van der Waals surface area contributed by atoms with Crippen molar-refractivity contribution < 1.29 is 4.79 Å². The summed E-state index contributed by atoms with van der Waals surface area (Å²) in [4.78, 5) is 12.0. The lowest BCUT2D eigenvalue weighted by atomic mass is 10.2. The Hall–Kier alpha value is -1.42. The molecule has 21 heavy (non-hydrogen) atoms. The van der Waals surface area contributed by atoms with Gasteiger partial charge in [-0.2, -0.15) is 0 Å². The fraction of sp³-hybridized carbons (Fsp3) is 0.133. The van der Waals surface area contributed by atoms with Crippen LogP contribution < -0.4 is 10.6 Å². The van der Waals surface area contributed by atoms with Gasteiger partial charge in [-0.05, 0) is 42.8 Å². The normalized spacial score (nSPS) is 10.3. The first-order valence-corrected chi connectivity index (χ1v) is 7.34. The van der Waals surface area contributed by atoms with Crippen LogP contribution in [0.1, 0.15) is 5.56 Å². The van der Waals surface area contributed by atoms with Crippen LogP contribution in [0, 0.1) is 6.92 Å². The molecule has 2 rings (SSSR count). The second-order valence-corrected chi connectivity index (χ2v) is 5.71. The van der Waals surface area contributed by atoms with E-state index in [4.69, 9.17) is 34.8 Å². The van der Waals surface area contributed by atoms with E-state index in [1.54, 1.807) is 24.3 Å². The highest BCUT2D eigenvalue weighted by Crippen LogP contribution is 2.29. The Morgan fingerprint density at radius 1 is 1.10 bits per heavy atom. The molecule has 0 fully saturated rings. The van der Waals surface area contributed by atoms with Crippen LogP contribution in [0.5, 0.6) is 0 Å². The highest BCUT2D eigenvalue weighted by molar-refractivity contribution is 6.39. The van der Waals surface area contributed by atoms with Gasteiger partial charge in [0.05, 0.1) is 22.3 Å².